The van der Waals surface area contributed by atoms with E-state index in [-0.39, 0.29) is 41.4 Å². The third kappa shape index (κ3) is 4.28. The van der Waals surface area contributed by atoms with Crippen molar-refractivity contribution in [2.75, 3.05) is 11.9 Å². The first-order chi connectivity index (χ1) is 16.1. The Hall–Kier alpha value is -2.95. The minimum Gasteiger partial charge on any atom is -0.394 e. The van der Waals surface area contributed by atoms with Crippen LogP contribution >= 0.6 is 22.6 Å². The number of nitro groups is 1. The molecule has 180 valence electrons. The molecule has 0 saturated carbocycles. The van der Waals surface area contributed by atoms with Gasteiger partial charge in [-0.25, -0.2) is 4.98 Å². The molecule has 14 heteroatoms. The van der Waals surface area contributed by atoms with Crippen LogP contribution in [0.1, 0.15) is 38.1 Å². The number of aromatic nitrogens is 4. The molecular weight excluding hydrogens is 563 g/mol. The van der Waals surface area contributed by atoms with Crippen LogP contribution in [0.25, 0.3) is 11.2 Å². The number of amides is 1. The number of aliphatic hydroxyl groups is 2. The van der Waals surface area contributed by atoms with Gasteiger partial charge in [0.2, 0.25) is 11.9 Å². The molecule has 3 aromatic rings. The normalized spacial score (nSPS) is 21.0. The summed E-state index contributed by atoms with van der Waals surface area (Å²) < 4.78 is 8.90. The molecule has 4 atom stereocenters. The van der Waals surface area contributed by atoms with Gasteiger partial charge >= 0.3 is 0 Å². The number of imidazole rings is 1. The lowest BCUT2D eigenvalue weighted by Gasteiger charge is -2.20. The molecular formula is C20H21IN6O7. The third-order valence-electron chi connectivity index (χ3n) is 5.64. The van der Waals surface area contributed by atoms with Crippen molar-refractivity contribution in [2.45, 2.75) is 44.7 Å². The van der Waals surface area contributed by atoms with E-state index in [2.05, 4.69) is 15.3 Å². The molecule has 34 heavy (non-hydrogen) atoms. The minimum atomic E-state index is -0.913. The second kappa shape index (κ2) is 9.36. The van der Waals surface area contributed by atoms with Gasteiger partial charge in [-0.05, 0) is 41.6 Å². The molecule has 0 radical (unpaired) electrons. The zero-order valence-electron chi connectivity index (χ0n) is 18.1. The average molecular weight is 584 g/mol. The molecule has 3 heterocycles. The largest absolute Gasteiger partial charge is 0.394 e. The zero-order chi connectivity index (χ0) is 24.7. The number of hydrogen-bond acceptors (Lipinski definition) is 9. The van der Waals surface area contributed by atoms with Crippen LogP contribution in [0.2, 0.25) is 0 Å². The highest BCUT2D eigenvalue weighted by Crippen LogP contribution is 2.33. The molecule has 1 unspecified atom stereocenters. The Labute approximate surface area is 205 Å². The van der Waals surface area contributed by atoms with Gasteiger partial charge in [0.15, 0.2) is 11.2 Å². The molecule has 13 nitrogen and oxygen atoms in total. The summed E-state index contributed by atoms with van der Waals surface area (Å²) >= 11 is 1.96. The Morgan fingerprint density at radius 2 is 2.21 bits per heavy atom. The lowest BCUT2D eigenvalue weighted by Crippen LogP contribution is -2.30. The van der Waals surface area contributed by atoms with E-state index < -0.39 is 40.9 Å². The number of benzene rings is 1. The maximum atomic E-state index is 13.5. The van der Waals surface area contributed by atoms with E-state index in [1.54, 1.807) is 19.1 Å². The van der Waals surface area contributed by atoms with Gasteiger partial charge in [0, 0.05) is 23.0 Å². The van der Waals surface area contributed by atoms with Crippen molar-refractivity contribution in [3.05, 3.63) is 54.1 Å². The lowest BCUT2D eigenvalue weighted by molar-refractivity contribution is -0.385. The Morgan fingerprint density at radius 1 is 1.47 bits per heavy atom. The van der Waals surface area contributed by atoms with Crippen molar-refractivity contribution in [3.63, 3.8) is 0 Å². The number of anilines is 1. The van der Waals surface area contributed by atoms with Crippen LogP contribution in [0.4, 0.5) is 11.6 Å². The molecule has 1 fully saturated rings. The summed E-state index contributed by atoms with van der Waals surface area (Å²) in [6, 6.07) is 3.78. The van der Waals surface area contributed by atoms with Crippen molar-refractivity contribution in [3.8, 4) is 0 Å². The Bertz CT molecular complexity index is 1340. The molecule has 0 spiro atoms. The smallest absolute Gasteiger partial charge is 0.283 e. The zero-order valence-corrected chi connectivity index (χ0v) is 20.2. The van der Waals surface area contributed by atoms with Gasteiger partial charge in [-0.1, -0.05) is 0 Å². The monoisotopic (exact) mass is 584 g/mol. The lowest BCUT2D eigenvalue weighted by atomic mass is 10.1. The van der Waals surface area contributed by atoms with Crippen molar-refractivity contribution in [1.29, 1.82) is 0 Å². The molecule has 0 bridgehead atoms. The molecule has 4 rings (SSSR count). The number of nitrogens with one attached hydrogen (secondary N) is 1. The van der Waals surface area contributed by atoms with Crippen LogP contribution < -0.4 is 10.9 Å². The second-order valence-electron chi connectivity index (χ2n) is 7.87. The quantitative estimate of drug-likeness (QED) is 0.219. The van der Waals surface area contributed by atoms with Crippen LogP contribution in [-0.2, 0) is 9.53 Å². The maximum Gasteiger partial charge on any atom is 0.283 e. The number of rotatable bonds is 6. The third-order valence-corrected chi connectivity index (χ3v) is 6.31. The number of nitrogens with zero attached hydrogens (tertiary/aromatic N) is 5. The van der Waals surface area contributed by atoms with Crippen molar-refractivity contribution in [1.82, 2.24) is 19.1 Å². The van der Waals surface area contributed by atoms with Gasteiger partial charge in [-0.2, -0.15) is 4.98 Å². The van der Waals surface area contributed by atoms with Crippen molar-refractivity contribution >= 4 is 51.3 Å². The van der Waals surface area contributed by atoms with E-state index in [0.29, 0.717) is 3.57 Å². The molecule has 1 aromatic carbocycles. The Balaban J connectivity index is 1.88. The first-order valence-corrected chi connectivity index (χ1v) is 11.3. The first-order valence-electron chi connectivity index (χ1n) is 10.3. The van der Waals surface area contributed by atoms with Crippen LogP contribution in [0.5, 0.6) is 0 Å². The molecule has 1 saturated heterocycles. The summed E-state index contributed by atoms with van der Waals surface area (Å²) in [4.78, 5) is 45.1. The molecule has 3 N–H and O–H groups in total. The summed E-state index contributed by atoms with van der Waals surface area (Å²) in [6.45, 7) is 2.46. The summed E-state index contributed by atoms with van der Waals surface area (Å²) in [5.41, 5.74) is -0.475. The topological polar surface area (TPSA) is 175 Å². The van der Waals surface area contributed by atoms with E-state index >= 15 is 0 Å². The first kappa shape index (κ1) is 24.2. The van der Waals surface area contributed by atoms with E-state index in [0.717, 1.165) is 4.57 Å². The summed E-state index contributed by atoms with van der Waals surface area (Å²) in [7, 11) is 0. The number of halogens is 1. The number of ether oxygens (including phenoxy) is 1. The maximum absolute atomic E-state index is 13.5. The predicted octanol–water partition coefficient (Wildman–Crippen LogP) is 1.31. The average Bonchev–Trinajstić information content (AvgIpc) is 3.36. The summed E-state index contributed by atoms with van der Waals surface area (Å²) in [6.07, 6.45) is -0.971. The van der Waals surface area contributed by atoms with Crippen molar-refractivity contribution < 1.29 is 24.7 Å². The molecule has 1 aliphatic heterocycles. The van der Waals surface area contributed by atoms with Crippen molar-refractivity contribution in [2.24, 2.45) is 0 Å². The number of carbonyl (C=O) groups excluding carboxylic acids is 1. The molecule has 1 amide bonds. The van der Waals surface area contributed by atoms with Gasteiger partial charge in [-0.15, -0.1) is 0 Å². The van der Waals surface area contributed by atoms with Crippen LogP contribution in [0, 0.1) is 13.7 Å². The van der Waals surface area contributed by atoms with Crippen LogP contribution in [0.15, 0.2) is 29.3 Å². The number of carbonyl (C=O) groups is 1. The SMILES string of the molecule is CC(=O)Nc1nc2c(ncn2[C@H]2C[C@H](O)[C@@H](CO)O2)c(=O)n1C(C)c1ccc(I)cc1[N+](=O)[O-]. The fourth-order valence-electron chi connectivity index (χ4n) is 4.01. The summed E-state index contributed by atoms with van der Waals surface area (Å²) in [5.74, 6) is -0.618. The highest BCUT2D eigenvalue weighted by molar-refractivity contribution is 14.1. The number of nitro benzene ring substituents is 1. The van der Waals surface area contributed by atoms with Gasteiger partial charge in [0.1, 0.15) is 12.3 Å². The molecule has 1 aliphatic rings. The highest BCUT2D eigenvalue weighted by atomic mass is 127. The van der Waals surface area contributed by atoms with Gasteiger partial charge in [0.05, 0.1) is 35.6 Å². The number of aliphatic hydroxyl groups excluding tert-OH is 2. The summed E-state index contributed by atoms with van der Waals surface area (Å²) in [5, 5.41) is 33.6. The fraction of sp³-hybridized carbons (Fsp3) is 0.400. The van der Waals surface area contributed by atoms with E-state index in [4.69, 9.17) is 4.74 Å². The number of fused-ring (bicyclic) bond motifs is 1. The number of hydrogen-bond donors (Lipinski definition) is 3. The van der Waals surface area contributed by atoms with Crippen LogP contribution in [0.3, 0.4) is 0 Å². The molecule has 2 aromatic heterocycles. The van der Waals surface area contributed by atoms with Gasteiger partial charge in [0.25, 0.3) is 11.2 Å². The standard InChI is InChI=1S/C20H21IN6O7/c1-9(12-4-3-11(21)5-13(12)27(32)33)26-19(31)17-18(24-20(26)23-10(2)29)25(8-22-17)16-6-14(30)15(7-28)34-16/h3-5,8-9,14-16,28,30H,6-7H2,1-2H3,(H,23,24,29)/t9?,14-,15+,16+/m0/s1. The molecule has 0 aliphatic carbocycles. The second-order valence-corrected chi connectivity index (χ2v) is 9.11. The van der Waals surface area contributed by atoms with Gasteiger partial charge in [-0.3, -0.25) is 34.2 Å². The van der Waals surface area contributed by atoms with E-state index in [9.17, 15) is 29.9 Å². The van der Waals surface area contributed by atoms with E-state index in [1.165, 1.54) is 23.9 Å². The Kier molecular flexibility index (Phi) is 6.66. The van der Waals surface area contributed by atoms with E-state index in [1.807, 2.05) is 22.6 Å². The predicted molar refractivity (Wildman–Crippen MR) is 127 cm³/mol. The van der Waals surface area contributed by atoms with Gasteiger partial charge < -0.3 is 14.9 Å². The highest BCUT2D eigenvalue weighted by Gasteiger charge is 2.36. The Morgan fingerprint density at radius 3 is 2.82 bits per heavy atom. The van der Waals surface area contributed by atoms with Crippen LogP contribution in [-0.4, -0.2) is 59.0 Å². The minimum absolute atomic E-state index is 0.0420. The fourth-order valence-corrected chi connectivity index (χ4v) is 4.49.